The molecule has 3 unspecified atom stereocenters. The Morgan fingerprint density at radius 2 is 2.08 bits per heavy atom. The Balaban J connectivity index is 4.20. The Labute approximate surface area is 80.3 Å². The third-order valence-corrected chi connectivity index (χ3v) is 2.09. The third-order valence-electron chi connectivity index (χ3n) is 2.09. The Kier molecular flexibility index (Phi) is 4.97. The predicted molar refractivity (Wildman–Crippen MR) is 51.2 cm³/mol. The predicted octanol–water partition coefficient (Wildman–Crippen LogP) is 1.85. The molecule has 0 saturated carbocycles. The summed E-state index contributed by atoms with van der Waals surface area (Å²) in [7, 11) is 0. The summed E-state index contributed by atoms with van der Waals surface area (Å²) < 4.78 is 5.48. The van der Waals surface area contributed by atoms with Crippen molar-refractivity contribution in [2.24, 2.45) is 0 Å². The zero-order valence-corrected chi connectivity index (χ0v) is 8.87. The second kappa shape index (κ2) is 5.21. The van der Waals surface area contributed by atoms with Crippen LogP contribution in [-0.2, 0) is 4.74 Å². The molecule has 0 fully saturated rings. The van der Waals surface area contributed by atoms with Crippen molar-refractivity contribution in [3.63, 3.8) is 0 Å². The van der Waals surface area contributed by atoms with Gasteiger partial charge in [0.2, 0.25) is 0 Å². The Bertz CT molecular complexity index is 186. The lowest BCUT2D eigenvalue weighted by Gasteiger charge is -2.27. The van der Waals surface area contributed by atoms with Gasteiger partial charge in [0.1, 0.15) is 0 Å². The van der Waals surface area contributed by atoms with Crippen molar-refractivity contribution in [3.8, 4) is 6.07 Å². The van der Waals surface area contributed by atoms with Gasteiger partial charge < -0.3 is 9.84 Å². The molecule has 0 saturated heterocycles. The minimum Gasteiger partial charge on any atom is -0.391 e. The van der Waals surface area contributed by atoms with Gasteiger partial charge in [0.05, 0.1) is 18.3 Å². The summed E-state index contributed by atoms with van der Waals surface area (Å²) in [5, 5.41) is 18.1. The van der Waals surface area contributed by atoms with Gasteiger partial charge in [-0.3, -0.25) is 0 Å². The third kappa shape index (κ3) is 4.25. The van der Waals surface area contributed by atoms with Gasteiger partial charge >= 0.3 is 0 Å². The molecule has 0 spiro atoms. The lowest BCUT2D eigenvalue weighted by Crippen LogP contribution is -2.35. The molecule has 0 heterocycles. The molecule has 1 N–H and O–H groups in total. The van der Waals surface area contributed by atoms with E-state index in [1.807, 2.05) is 6.92 Å². The highest BCUT2D eigenvalue weighted by Gasteiger charge is 2.27. The van der Waals surface area contributed by atoms with Gasteiger partial charge in [-0.2, -0.15) is 5.26 Å². The van der Waals surface area contributed by atoms with Gasteiger partial charge in [-0.25, -0.2) is 0 Å². The first kappa shape index (κ1) is 12.4. The van der Waals surface area contributed by atoms with Crippen LogP contribution in [0.3, 0.4) is 0 Å². The van der Waals surface area contributed by atoms with Crippen LogP contribution in [0.2, 0.25) is 0 Å². The van der Waals surface area contributed by atoms with Gasteiger partial charge in [0, 0.05) is 0 Å². The maximum Gasteiger partial charge on any atom is 0.151 e. The van der Waals surface area contributed by atoms with Crippen LogP contribution in [0.15, 0.2) is 0 Å². The molecule has 0 aliphatic rings. The van der Waals surface area contributed by atoms with E-state index < -0.39 is 11.7 Å². The van der Waals surface area contributed by atoms with E-state index in [0.29, 0.717) is 6.42 Å². The maximum absolute atomic E-state index is 9.21. The van der Waals surface area contributed by atoms with Gasteiger partial charge in [-0.1, -0.05) is 13.3 Å². The minimum absolute atomic E-state index is 0.295. The Morgan fingerprint density at radius 1 is 1.54 bits per heavy atom. The van der Waals surface area contributed by atoms with E-state index in [4.69, 9.17) is 10.00 Å². The highest BCUT2D eigenvalue weighted by molar-refractivity contribution is 4.98. The fourth-order valence-corrected chi connectivity index (χ4v) is 1.13. The highest BCUT2D eigenvalue weighted by atomic mass is 16.5. The molecule has 0 aliphatic heterocycles. The molecule has 0 aromatic heterocycles. The lowest BCUT2D eigenvalue weighted by molar-refractivity contribution is -0.0905. The molecule has 3 nitrogen and oxygen atoms in total. The van der Waals surface area contributed by atoms with E-state index in [9.17, 15) is 5.11 Å². The second-order valence-corrected chi connectivity index (χ2v) is 3.66. The first-order valence-electron chi connectivity index (χ1n) is 4.72. The summed E-state index contributed by atoms with van der Waals surface area (Å²) in [5.41, 5.74) is -0.759. The molecule has 0 aliphatic carbocycles. The number of ether oxygens (including phenoxy) is 1. The molecule has 0 rings (SSSR count). The van der Waals surface area contributed by atoms with Crippen molar-refractivity contribution < 1.29 is 9.84 Å². The molecule has 76 valence electrons. The molecule has 3 atom stereocenters. The van der Waals surface area contributed by atoms with E-state index in [1.165, 1.54) is 0 Å². The van der Waals surface area contributed by atoms with Crippen molar-refractivity contribution in [2.75, 3.05) is 0 Å². The molecular formula is C10H19NO2. The average Bonchev–Trinajstić information content (AvgIpc) is 2.04. The smallest absolute Gasteiger partial charge is 0.151 e. The van der Waals surface area contributed by atoms with Crippen molar-refractivity contribution in [2.45, 2.75) is 58.3 Å². The topological polar surface area (TPSA) is 53.2 Å². The van der Waals surface area contributed by atoms with Crippen LogP contribution in [0.4, 0.5) is 0 Å². The van der Waals surface area contributed by atoms with Crippen LogP contribution in [-0.4, -0.2) is 22.9 Å². The Morgan fingerprint density at radius 3 is 2.38 bits per heavy atom. The Hall–Kier alpha value is -0.590. The van der Waals surface area contributed by atoms with E-state index in [2.05, 4.69) is 6.07 Å². The van der Waals surface area contributed by atoms with E-state index in [0.717, 1.165) is 6.42 Å². The van der Waals surface area contributed by atoms with Crippen LogP contribution in [0.1, 0.15) is 40.5 Å². The molecule has 0 amide bonds. The number of rotatable bonds is 5. The number of nitrogens with zero attached hydrogens (tertiary/aromatic N) is 1. The van der Waals surface area contributed by atoms with Gasteiger partial charge in [-0.05, 0) is 27.2 Å². The zero-order chi connectivity index (χ0) is 10.5. The largest absolute Gasteiger partial charge is 0.391 e. The number of hydrogen-bond donors (Lipinski definition) is 1. The molecule has 3 heteroatoms. The van der Waals surface area contributed by atoms with Crippen LogP contribution in [0, 0.1) is 11.3 Å². The zero-order valence-electron chi connectivity index (χ0n) is 8.87. The SMILES string of the molecule is CCCC(C)(C#N)OC(C)C(C)O. The van der Waals surface area contributed by atoms with Gasteiger partial charge in [0.15, 0.2) is 5.60 Å². The summed E-state index contributed by atoms with van der Waals surface area (Å²) in [4.78, 5) is 0. The number of hydrogen-bond acceptors (Lipinski definition) is 3. The van der Waals surface area contributed by atoms with Gasteiger partial charge in [-0.15, -0.1) is 0 Å². The summed E-state index contributed by atoms with van der Waals surface area (Å²) in [6, 6.07) is 2.13. The fraction of sp³-hybridized carbons (Fsp3) is 0.900. The normalized spacial score (nSPS) is 20.0. The average molecular weight is 185 g/mol. The number of aliphatic hydroxyl groups is 1. The lowest BCUT2D eigenvalue weighted by atomic mass is 10.0. The van der Waals surface area contributed by atoms with Crippen molar-refractivity contribution in [1.82, 2.24) is 0 Å². The van der Waals surface area contributed by atoms with Crippen LogP contribution in [0.25, 0.3) is 0 Å². The van der Waals surface area contributed by atoms with Crippen LogP contribution in [0.5, 0.6) is 0 Å². The van der Waals surface area contributed by atoms with E-state index in [1.54, 1.807) is 20.8 Å². The van der Waals surface area contributed by atoms with Crippen LogP contribution < -0.4 is 0 Å². The highest BCUT2D eigenvalue weighted by Crippen LogP contribution is 2.19. The molecular weight excluding hydrogens is 166 g/mol. The van der Waals surface area contributed by atoms with Crippen molar-refractivity contribution in [3.05, 3.63) is 0 Å². The van der Waals surface area contributed by atoms with E-state index >= 15 is 0 Å². The minimum atomic E-state index is -0.759. The number of aliphatic hydroxyl groups excluding tert-OH is 1. The second-order valence-electron chi connectivity index (χ2n) is 3.66. The first-order chi connectivity index (χ1) is 5.95. The quantitative estimate of drug-likeness (QED) is 0.711. The maximum atomic E-state index is 9.21. The van der Waals surface area contributed by atoms with Crippen molar-refractivity contribution in [1.29, 1.82) is 5.26 Å². The first-order valence-corrected chi connectivity index (χ1v) is 4.72. The van der Waals surface area contributed by atoms with Crippen LogP contribution >= 0.6 is 0 Å². The number of nitriles is 1. The summed E-state index contributed by atoms with van der Waals surface area (Å²) in [5.74, 6) is 0. The summed E-state index contributed by atoms with van der Waals surface area (Å²) in [6.07, 6.45) is 0.762. The summed E-state index contributed by atoms with van der Waals surface area (Å²) >= 11 is 0. The van der Waals surface area contributed by atoms with Gasteiger partial charge in [0.25, 0.3) is 0 Å². The monoisotopic (exact) mass is 185 g/mol. The standard InChI is InChI=1S/C10H19NO2/c1-5-6-10(4,7-11)13-9(3)8(2)12/h8-9,12H,5-6H2,1-4H3. The summed E-state index contributed by atoms with van der Waals surface area (Å²) in [6.45, 7) is 7.20. The van der Waals surface area contributed by atoms with E-state index in [-0.39, 0.29) is 6.10 Å². The molecule has 0 aromatic carbocycles. The molecule has 0 aromatic rings. The molecule has 13 heavy (non-hydrogen) atoms. The van der Waals surface area contributed by atoms with Crippen molar-refractivity contribution >= 4 is 0 Å². The molecule has 0 radical (unpaired) electrons. The fourth-order valence-electron chi connectivity index (χ4n) is 1.13. The molecule has 0 bridgehead atoms.